The van der Waals surface area contributed by atoms with Crippen molar-refractivity contribution in [1.29, 1.82) is 0 Å². The Kier molecular flexibility index (Phi) is 5.53. The van der Waals surface area contributed by atoms with Crippen LogP contribution in [0.4, 0.5) is 0 Å². The Morgan fingerprint density at radius 2 is 1.96 bits per heavy atom. The van der Waals surface area contributed by atoms with Gasteiger partial charge in [-0.05, 0) is 42.7 Å². The number of amides is 1. The summed E-state index contributed by atoms with van der Waals surface area (Å²) in [5, 5.41) is 8.76. The predicted molar refractivity (Wildman–Crippen MR) is 107 cm³/mol. The monoisotopic (exact) mass is 378 g/mol. The Bertz CT molecular complexity index is 904. The van der Waals surface area contributed by atoms with Crippen LogP contribution in [0.5, 0.6) is 0 Å². The van der Waals surface area contributed by atoms with Crippen molar-refractivity contribution in [2.24, 2.45) is 0 Å². The molecule has 2 aromatic heterocycles. The van der Waals surface area contributed by atoms with Gasteiger partial charge in [-0.2, -0.15) is 5.10 Å². The van der Waals surface area contributed by atoms with Crippen molar-refractivity contribution in [2.45, 2.75) is 42.5 Å². The minimum Gasteiger partial charge on any atom is -0.348 e. The first kappa shape index (κ1) is 17.8. The summed E-state index contributed by atoms with van der Waals surface area (Å²) < 4.78 is 1.81. The Morgan fingerprint density at radius 1 is 1.11 bits per heavy atom. The molecule has 0 unspecified atom stereocenters. The van der Waals surface area contributed by atoms with Gasteiger partial charge in [-0.3, -0.25) is 4.79 Å². The number of hydrogen-bond donors (Lipinski definition) is 1. The van der Waals surface area contributed by atoms with E-state index < -0.39 is 0 Å². The van der Waals surface area contributed by atoms with Crippen LogP contribution in [0.3, 0.4) is 0 Å². The zero-order valence-electron chi connectivity index (χ0n) is 15.0. The smallest absolute Gasteiger partial charge is 0.254 e. The number of thioether (sulfide) groups is 1. The van der Waals surface area contributed by atoms with Crippen LogP contribution >= 0.6 is 11.8 Å². The Morgan fingerprint density at radius 3 is 2.78 bits per heavy atom. The van der Waals surface area contributed by atoms with Gasteiger partial charge in [-0.1, -0.05) is 31.0 Å². The molecule has 6 heteroatoms. The maximum absolute atomic E-state index is 12.8. The summed E-state index contributed by atoms with van der Waals surface area (Å²) in [6, 6.07) is 13.5. The van der Waals surface area contributed by atoms with Crippen molar-refractivity contribution in [2.75, 3.05) is 0 Å². The highest BCUT2D eigenvalue weighted by Gasteiger charge is 2.20. The lowest BCUT2D eigenvalue weighted by Gasteiger charge is -2.13. The van der Waals surface area contributed by atoms with Crippen LogP contribution in [0.15, 0.2) is 66.1 Å². The summed E-state index contributed by atoms with van der Waals surface area (Å²) in [4.78, 5) is 17.3. The quantitative estimate of drug-likeness (QED) is 0.697. The molecule has 3 aromatic rings. The van der Waals surface area contributed by atoms with Crippen LogP contribution in [0.1, 0.15) is 41.6 Å². The third kappa shape index (κ3) is 4.22. The fourth-order valence-electron chi connectivity index (χ4n) is 3.39. The van der Waals surface area contributed by atoms with Crippen molar-refractivity contribution in [3.05, 3.63) is 72.2 Å². The zero-order valence-corrected chi connectivity index (χ0v) is 15.9. The second kappa shape index (κ2) is 8.39. The van der Waals surface area contributed by atoms with E-state index in [4.69, 9.17) is 0 Å². The van der Waals surface area contributed by atoms with E-state index in [0.717, 1.165) is 16.3 Å². The normalized spacial score (nSPS) is 14.4. The molecule has 4 rings (SSSR count). The first-order valence-electron chi connectivity index (χ1n) is 9.29. The largest absolute Gasteiger partial charge is 0.348 e. The summed E-state index contributed by atoms with van der Waals surface area (Å²) in [7, 11) is 0. The number of pyridine rings is 1. The third-order valence-electron chi connectivity index (χ3n) is 4.78. The van der Waals surface area contributed by atoms with E-state index in [0.29, 0.717) is 17.4 Å². The lowest BCUT2D eigenvalue weighted by Crippen LogP contribution is -2.24. The molecular weight excluding hydrogens is 356 g/mol. The van der Waals surface area contributed by atoms with Crippen LogP contribution in [0.2, 0.25) is 0 Å². The molecule has 1 aliphatic carbocycles. The van der Waals surface area contributed by atoms with Crippen LogP contribution in [0, 0.1) is 0 Å². The lowest BCUT2D eigenvalue weighted by molar-refractivity contribution is 0.0947. The highest BCUT2D eigenvalue weighted by Crippen LogP contribution is 2.35. The molecule has 138 valence electrons. The van der Waals surface area contributed by atoms with E-state index in [1.165, 1.54) is 25.7 Å². The molecule has 0 spiro atoms. The van der Waals surface area contributed by atoms with Crippen LogP contribution in [0.25, 0.3) is 5.69 Å². The standard InChI is InChI=1S/C21H22N4OS/c26-20(18-10-5-12-22-21(18)27-17-8-2-3-9-17)23-15-16-7-1-4-11-19(16)25-14-6-13-24-25/h1,4-7,10-14,17H,2-3,8-9,15H2,(H,23,26). The zero-order chi connectivity index (χ0) is 18.5. The molecule has 1 amide bonds. The van der Waals surface area contributed by atoms with Crippen molar-refractivity contribution in [1.82, 2.24) is 20.1 Å². The van der Waals surface area contributed by atoms with Gasteiger partial charge in [0.1, 0.15) is 5.03 Å². The molecule has 1 aliphatic rings. The molecule has 0 bridgehead atoms. The number of rotatable bonds is 6. The third-order valence-corrected chi connectivity index (χ3v) is 6.13. The summed E-state index contributed by atoms with van der Waals surface area (Å²) in [5.41, 5.74) is 2.64. The molecule has 1 fully saturated rings. The average molecular weight is 379 g/mol. The highest BCUT2D eigenvalue weighted by molar-refractivity contribution is 7.99. The second-order valence-corrected chi connectivity index (χ2v) is 7.93. The van der Waals surface area contributed by atoms with Crippen molar-refractivity contribution in [3.8, 4) is 5.69 Å². The molecular formula is C21H22N4OS. The number of benzene rings is 1. The number of para-hydroxylation sites is 1. The number of carbonyl (C=O) groups is 1. The molecule has 2 heterocycles. The molecule has 1 N–H and O–H groups in total. The van der Waals surface area contributed by atoms with E-state index in [2.05, 4.69) is 15.4 Å². The van der Waals surface area contributed by atoms with Crippen LogP contribution in [-0.4, -0.2) is 25.9 Å². The fraction of sp³-hybridized carbons (Fsp3) is 0.286. The first-order valence-corrected chi connectivity index (χ1v) is 10.2. The maximum atomic E-state index is 12.8. The number of hydrogen-bond acceptors (Lipinski definition) is 4. The van der Waals surface area contributed by atoms with Crippen molar-refractivity contribution >= 4 is 17.7 Å². The van der Waals surface area contributed by atoms with Gasteiger partial charge in [0.2, 0.25) is 0 Å². The van der Waals surface area contributed by atoms with Gasteiger partial charge in [0.25, 0.3) is 5.91 Å². The molecule has 5 nitrogen and oxygen atoms in total. The van der Waals surface area contributed by atoms with Crippen LogP contribution in [-0.2, 0) is 6.54 Å². The molecule has 27 heavy (non-hydrogen) atoms. The Labute approximate surface area is 163 Å². The van der Waals surface area contributed by atoms with E-state index in [9.17, 15) is 4.79 Å². The van der Waals surface area contributed by atoms with Crippen molar-refractivity contribution in [3.63, 3.8) is 0 Å². The predicted octanol–water partition coefficient (Wildman–Crippen LogP) is 4.23. The van der Waals surface area contributed by atoms with Gasteiger partial charge in [0.05, 0.1) is 11.3 Å². The summed E-state index contributed by atoms with van der Waals surface area (Å²) in [6.07, 6.45) is 10.4. The number of aromatic nitrogens is 3. The molecule has 0 radical (unpaired) electrons. The molecule has 1 aromatic carbocycles. The minimum atomic E-state index is -0.0844. The maximum Gasteiger partial charge on any atom is 0.254 e. The molecule has 0 atom stereocenters. The SMILES string of the molecule is O=C(NCc1ccccc1-n1cccn1)c1cccnc1SC1CCCC1. The number of nitrogens with one attached hydrogen (secondary N) is 1. The van der Waals surface area contributed by atoms with E-state index in [1.807, 2.05) is 53.3 Å². The van der Waals surface area contributed by atoms with E-state index in [1.54, 1.807) is 24.2 Å². The van der Waals surface area contributed by atoms with Gasteiger partial charge < -0.3 is 5.32 Å². The van der Waals surface area contributed by atoms with Gasteiger partial charge >= 0.3 is 0 Å². The van der Waals surface area contributed by atoms with Gasteiger partial charge in [0, 0.05) is 30.4 Å². The van der Waals surface area contributed by atoms with Gasteiger partial charge in [0.15, 0.2) is 0 Å². The van der Waals surface area contributed by atoms with Gasteiger partial charge in [-0.15, -0.1) is 11.8 Å². The number of nitrogens with zero attached hydrogens (tertiary/aromatic N) is 3. The molecule has 1 saturated carbocycles. The minimum absolute atomic E-state index is 0.0844. The molecule has 0 saturated heterocycles. The van der Waals surface area contributed by atoms with Crippen molar-refractivity contribution < 1.29 is 4.79 Å². The summed E-state index contributed by atoms with van der Waals surface area (Å²) >= 11 is 1.74. The Hall–Kier alpha value is -2.60. The first-order chi connectivity index (χ1) is 13.3. The van der Waals surface area contributed by atoms with Gasteiger partial charge in [-0.25, -0.2) is 9.67 Å². The number of carbonyl (C=O) groups excluding carboxylic acids is 1. The Balaban J connectivity index is 1.48. The molecule has 0 aliphatic heterocycles. The summed E-state index contributed by atoms with van der Waals surface area (Å²) in [5.74, 6) is -0.0844. The van der Waals surface area contributed by atoms with E-state index in [-0.39, 0.29) is 5.91 Å². The fourth-order valence-corrected chi connectivity index (χ4v) is 4.68. The topological polar surface area (TPSA) is 59.8 Å². The summed E-state index contributed by atoms with van der Waals surface area (Å²) in [6.45, 7) is 0.442. The van der Waals surface area contributed by atoms with E-state index >= 15 is 0 Å². The van der Waals surface area contributed by atoms with Crippen LogP contribution < -0.4 is 5.32 Å². The second-order valence-electron chi connectivity index (χ2n) is 6.64. The lowest BCUT2D eigenvalue weighted by atomic mass is 10.1. The average Bonchev–Trinajstić information content (AvgIpc) is 3.41. The highest BCUT2D eigenvalue weighted by atomic mass is 32.2.